The average molecular weight is 212 g/mol. The molecule has 0 aromatic carbocycles. The van der Waals surface area contributed by atoms with Gasteiger partial charge in [-0.05, 0) is 18.8 Å². The summed E-state index contributed by atoms with van der Waals surface area (Å²) >= 11 is 0. The van der Waals surface area contributed by atoms with Crippen molar-refractivity contribution in [2.45, 2.75) is 32.3 Å². The second kappa shape index (κ2) is 5.83. The quantitative estimate of drug-likeness (QED) is 0.758. The van der Waals surface area contributed by atoms with Crippen molar-refractivity contribution >= 4 is 0 Å². The maximum absolute atomic E-state index is 5.92. The summed E-state index contributed by atoms with van der Waals surface area (Å²) in [6.07, 6.45) is 4.42. The van der Waals surface area contributed by atoms with Gasteiger partial charge in [0.1, 0.15) is 0 Å². The molecule has 3 heteroatoms. The second-order valence-corrected chi connectivity index (χ2v) is 4.86. The Kier molecular flexibility index (Phi) is 4.42. The molecular weight excluding hydrogens is 188 g/mol. The van der Waals surface area contributed by atoms with E-state index in [4.69, 9.17) is 4.74 Å². The van der Waals surface area contributed by atoms with Gasteiger partial charge in [0.05, 0.1) is 6.10 Å². The average Bonchev–Trinajstić information content (AvgIpc) is 2.31. The normalized spacial score (nSPS) is 34.2. The summed E-state index contributed by atoms with van der Waals surface area (Å²) in [5.41, 5.74) is 0. The van der Waals surface area contributed by atoms with Gasteiger partial charge in [-0.15, -0.1) is 0 Å². The Morgan fingerprint density at radius 3 is 2.67 bits per heavy atom. The fourth-order valence-electron chi connectivity index (χ4n) is 2.51. The third-order valence-corrected chi connectivity index (χ3v) is 3.71. The molecule has 2 aliphatic heterocycles. The molecule has 0 spiro atoms. The molecule has 0 bridgehead atoms. The maximum Gasteiger partial charge on any atom is 0.0702 e. The summed E-state index contributed by atoms with van der Waals surface area (Å²) < 4.78 is 5.92. The zero-order valence-corrected chi connectivity index (χ0v) is 9.87. The van der Waals surface area contributed by atoms with E-state index in [-0.39, 0.29) is 0 Å². The Hall–Kier alpha value is -0.120. The van der Waals surface area contributed by atoms with Crippen molar-refractivity contribution in [3.05, 3.63) is 0 Å². The minimum Gasteiger partial charge on any atom is -0.377 e. The van der Waals surface area contributed by atoms with Gasteiger partial charge >= 0.3 is 0 Å². The smallest absolute Gasteiger partial charge is 0.0702 e. The maximum atomic E-state index is 5.92. The highest BCUT2D eigenvalue weighted by Crippen LogP contribution is 2.21. The van der Waals surface area contributed by atoms with Crippen LogP contribution in [-0.4, -0.2) is 50.3 Å². The molecule has 2 saturated heterocycles. The Morgan fingerprint density at radius 2 is 2.07 bits per heavy atom. The van der Waals surface area contributed by atoms with E-state index < -0.39 is 0 Å². The van der Waals surface area contributed by atoms with Crippen LogP contribution in [0, 0.1) is 5.92 Å². The highest BCUT2D eigenvalue weighted by atomic mass is 16.5. The summed E-state index contributed by atoms with van der Waals surface area (Å²) in [5.74, 6) is 0.823. The van der Waals surface area contributed by atoms with Gasteiger partial charge < -0.3 is 10.1 Å². The summed E-state index contributed by atoms with van der Waals surface area (Å²) in [7, 11) is 0. The molecule has 2 heterocycles. The van der Waals surface area contributed by atoms with Crippen molar-refractivity contribution < 1.29 is 4.74 Å². The number of piperazine rings is 1. The van der Waals surface area contributed by atoms with Crippen LogP contribution in [0.2, 0.25) is 0 Å². The van der Waals surface area contributed by atoms with Crippen LogP contribution in [-0.2, 0) is 4.74 Å². The number of hydrogen-bond acceptors (Lipinski definition) is 3. The summed E-state index contributed by atoms with van der Waals surface area (Å²) in [6, 6.07) is 0. The van der Waals surface area contributed by atoms with E-state index in [1.54, 1.807) is 0 Å². The molecule has 2 aliphatic rings. The van der Waals surface area contributed by atoms with Crippen molar-refractivity contribution in [2.24, 2.45) is 5.92 Å². The molecule has 0 saturated carbocycles. The highest BCUT2D eigenvalue weighted by molar-refractivity contribution is 4.75. The predicted octanol–water partition coefficient (Wildman–Crippen LogP) is 1.10. The van der Waals surface area contributed by atoms with E-state index in [1.165, 1.54) is 32.4 Å². The third kappa shape index (κ3) is 3.44. The molecule has 15 heavy (non-hydrogen) atoms. The van der Waals surface area contributed by atoms with Gasteiger partial charge in [-0.25, -0.2) is 0 Å². The van der Waals surface area contributed by atoms with Crippen molar-refractivity contribution in [1.82, 2.24) is 10.2 Å². The van der Waals surface area contributed by atoms with Gasteiger partial charge in [0.25, 0.3) is 0 Å². The lowest BCUT2D eigenvalue weighted by Gasteiger charge is -2.34. The lowest BCUT2D eigenvalue weighted by molar-refractivity contribution is -0.0344. The lowest BCUT2D eigenvalue weighted by atomic mass is 9.96. The SMILES string of the molecule is CCC1CCC(CN2CCNCC2)OC1. The van der Waals surface area contributed by atoms with Crippen LogP contribution in [0.5, 0.6) is 0 Å². The molecular formula is C12H24N2O. The van der Waals surface area contributed by atoms with Crippen molar-refractivity contribution in [3.8, 4) is 0 Å². The van der Waals surface area contributed by atoms with Gasteiger partial charge in [0.2, 0.25) is 0 Å². The Balaban J connectivity index is 1.67. The Bertz CT molecular complexity index is 172. The molecule has 2 atom stereocenters. The van der Waals surface area contributed by atoms with Crippen molar-refractivity contribution in [3.63, 3.8) is 0 Å². The molecule has 1 N–H and O–H groups in total. The van der Waals surface area contributed by atoms with E-state index in [9.17, 15) is 0 Å². The summed E-state index contributed by atoms with van der Waals surface area (Å²) in [6.45, 7) is 9.08. The second-order valence-electron chi connectivity index (χ2n) is 4.86. The number of ether oxygens (including phenoxy) is 1. The molecule has 3 nitrogen and oxygen atoms in total. The molecule has 88 valence electrons. The molecule has 0 aromatic heterocycles. The topological polar surface area (TPSA) is 24.5 Å². The van der Waals surface area contributed by atoms with E-state index in [0.29, 0.717) is 6.10 Å². The van der Waals surface area contributed by atoms with Crippen molar-refractivity contribution in [1.29, 1.82) is 0 Å². The number of nitrogens with one attached hydrogen (secondary N) is 1. The van der Waals surface area contributed by atoms with E-state index >= 15 is 0 Å². The van der Waals surface area contributed by atoms with Gasteiger partial charge in [-0.3, -0.25) is 4.90 Å². The first kappa shape index (κ1) is 11.4. The monoisotopic (exact) mass is 212 g/mol. The van der Waals surface area contributed by atoms with Crippen LogP contribution in [0.4, 0.5) is 0 Å². The first-order valence-electron chi connectivity index (χ1n) is 6.43. The first-order valence-corrected chi connectivity index (χ1v) is 6.43. The van der Waals surface area contributed by atoms with E-state index in [1.807, 2.05) is 0 Å². The molecule has 0 amide bonds. The number of nitrogens with zero attached hydrogens (tertiary/aromatic N) is 1. The fourth-order valence-corrected chi connectivity index (χ4v) is 2.51. The van der Waals surface area contributed by atoms with Gasteiger partial charge in [0.15, 0.2) is 0 Å². The minimum absolute atomic E-state index is 0.505. The van der Waals surface area contributed by atoms with Crippen LogP contribution in [0.1, 0.15) is 26.2 Å². The summed E-state index contributed by atoms with van der Waals surface area (Å²) in [4.78, 5) is 2.54. The fraction of sp³-hybridized carbons (Fsp3) is 1.00. The first-order chi connectivity index (χ1) is 7.38. The number of hydrogen-bond donors (Lipinski definition) is 1. The van der Waals surface area contributed by atoms with Gasteiger partial charge in [-0.1, -0.05) is 13.3 Å². The molecule has 2 unspecified atom stereocenters. The minimum atomic E-state index is 0.505. The predicted molar refractivity (Wildman–Crippen MR) is 62.1 cm³/mol. The van der Waals surface area contributed by atoms with Crippen LogP contribution < -0.4 is 5.32 Å². The largest absolute Gasteiger partial charge is 0.377 e. The lowest BCUT2D eigenvalue weighted by Crippen LogP contribution is -2.47. The van der Waals surface area contributed by atoms with E-state index in [0.717, 1.165) is 32.2 Å². The Labute approximate surface area is 93.2 Å². The van der Waals surface area contributed by atoms with E-state index in [2.05, 4.69) is 17.1 Å². The zero-order valence-electron chi connectivity index (χ0n) is 9.87. The number of rotatable bonds is 3. The molecule has 0 radical (unpaired) electrons. The van der Waals surface area contributed by atoms with Crippen LogP contribution in [0.15, 0.2) is 0 Å². The van der Waals surface area contributed by atoms with Crippen LogP contribution >= 0.6 is 0 Å². The highest BCUT2D eigenvalue weighted by Gasteiger charge is 2.22. The van der Waals surface area contributed by atoms with Gasteiger partial charge in [0, 0.05) is 39.3 Å². The third-order valence-electron chi connectivity index (χ3n) is 3.71. The zero-order chi connectivity index (χ0) is 10.5. The summed E-state index contributed by atoms with van der Waals surface area (Å²) in [5, 5.41) is 3.39. The standard InChI is InChI=1S/C12H24N2O/c1-2-11-3-4-12(15-10-11)9-14-7-5-13-6-8-14/h11-13H,2-10H2,1H3. The molecule has 2 rings (SSSR count). The van der Waals surface area contributed by atoms with Crippen LogP contribution in [0.25, 0.3) is 0 Å². The van der Waals surface area contributed by atoms with Crippen LogP contribution in [0.3, 0.4) is 0 Å². The molecule has 0 aromatic rings. The van der Waals surface area contributed by atoms with Gasteiger partial charge in [-0.2, -0.15) is 0 Å². The van der Waals surface area contributed by atoms with Crippen molar-refractivity contribution in [2.75, 3.05) is 39.3 Å². The molecule has 2 fully saturated rings. The molecule has 0 aliphatic carbocycles. The Morgan fingerprint density at radius 1 is 1.27 bits per heavy atom.